The molecule has 9 heteroatoms. The summed E-state index contributed by atoms with van der Waals surface area (Å²) in [4.78, 5) is 28.5. The van der Waals surface area contributed by atoms with E-state index in [0.717, 1.165) is 27.0 Å². The lowest BCUT2D eigenvalue weighted by Gasteiger charge is -2.08. The first kappa shape index (κ1) is 21.8. The van der Waals surface area contributed by atoms with Crippen LogP contribution in [0.4, 0.5) is 15.6 Å². The molecule has 0 bridgehead atoms. The Morgan fingerprint density at radius 1 is 1.13 bits per heavy atom. The quantitative estimate of drug-likeness (QED) is 0.434. The largest absolute Gasteiger partial charge is 0.496 e. The van der Waals surface area contributed by atoms with E-state index >= 15 is 0 Å². The average Bonchev–Trinajstić information content (AvgIpc) is 3.18. The number of anilines is 2. The molecule has 0 spiro atoms. The van der Waals surface area contributed by atoms with Gasteiger partial charge in [0, 0.05) is 34.1 Å². The number of methoxy groups -OCH3 is 1. The third-order valence-corrected chi connectivity index (χ3v) is 5.41. The fourth-order valence-corrected chi connectivity index (χ4v) is 3.65. The van der Waals surface area contributed by atoms with Crippen molar-refractivity contribution in [2.45, 2.75) is 13.3 Å². The zero-order valence-corrected chi connectivity index (χ0v) is 18.9. The molecule has 7 nitrogen and oxygen atoms in total. The number of nitrogens with one attached hydrogen (secondary N) is 3. The molecule has 0 radical (unpaired) electrons. The predicted molar refractivity (Wildman–Crippen MR) is 123 cm³/mol. The smallest absolute Gasteiger partial charge is 0.319 e. The van der Waals surface area contributed by atoms with Crippen molar-refractivity contribution in [3.63, 3.8) is 0 Å². The molecular weight excluding hydrogens is 468 g/mol. The van der Waals surface area contributed by atoms with Crippen molar-refractivity contribution in [1.29, 1.82) is 0 Å². The van der Waals surface area contributed by atoms with Crippen LogP contribution in [0.25, 0.3) is 11.3 Å². The van der Waals surface area contributed by atoms with E-state index in [2.05, 4.69) is 36.9 Å². The van der Waals surface area contributed by atoms with Crippen molar-refractivity contribution in [3.05, 3.63) is 57.9 Å². The van der Waals surface area contributed by atoms with Gasteiger partial charge in [0.15, 0.2) is 5.13 Å². The van der Waals surface area contributed by atoms with Crippen LogP contribution >= 0.6 is 27.3 Å². The van der Waals surface area contributed by atoms with Gasteiger partial charge in [-0.2, -0.15) is 0 Å². The Hall–Kier alpha value is -2.91. The predicted octanol–water partition coefficient (Wildman–Crippen LogP) is 5.04. The minimum Gasteiger partial charge on any atom is -0.496 e. The first-order chi connectivity index (χ1) is 14.4. The molecule has 2 aromatic carbocycles. The number of hydrogen-bond acceptors (Lipinski definition) is 5. The summed E-state index contributed by atoms with van der Waals surface area (Å²) in [7, 11) is 1.61. The highest BCUT2D eigenvalue weighted by molar-refractivity contribution is 9.10. The molecule has 0 aliphatic carbocycles. The average molecular weight is 489 g/mol. The SMILES string of the molecule is COc1ccc(C)cc1-c1csc(NC(=O)CCNC(=O)Nc2ccc(Br)cc2)n1. The van der Waals surface area contributed by atoms with Gasteiger partial charge in [-0.25, -0.2) is 9.78 Å². The van der Waals surface area contributed by atoms with Crippen LogP contribution in [-0.4, -0.2) is 30.6 Å². The number of ether oxygens (including phenoxy) is 1. The minimum atomic E-state index is -0.367. The number of urea groups is 1. The van der Waals surface area contributed by atoms with Crippen LogP contribution < -0.4 is 20.7 Å². The maximum atomic E-state index is 12.2. The Bertz CT molecular complexity index is 1040. The summed E-state index contributed by atoms with van der Waals surface area (Å²) in [5.41, 5.74) is 3.38. The summed E-state index contributed by atoms with van der Waals surface area (Å²) < 4.78 is 6.32. The molecule has 0 saturated heterocycles. The van der Waals surface area contributed by atoms with Gasteiger partial charge in [-0.05, 0) is 43.3 Å². The van der Waals surface area contributed by atoms with E-state index in [0.29, 0.717) is 10.8 Å². The van der Waals surface area contributed by atoms with Crippen LogP contribution in [0.3, 0.4) is 0 Å². The molecule has 0 saturated carbocycles. The van der Waals surface area contributed by atoms with Gasteiger partial charge >= 0.3 is 6.03 Å². The zero-order chi connectivity index (χ0) is 21.5. The van der Waals surface area contributed by atoms with Crippen molar-refractivity contribution >= 4 is 50.0 Å². The van der Waals surface area contributed by atoms with Gasteiger partial charge in [-0.3, -0.25) is 4.79 Å². The van der Waals surface area contributed by atoms with E-state index in [9.17, 15) is 9.59 Å². The Morgan fingerprint density at radius 2 is 1.90 bits per heavy atom. The van der Waals surface area contributed by atoms with Gasteiger partial charge < -0.3 is 20.7 Å². The number of hydrogen-bond donors (Lipinski definition) is 3. The highest BCUT2D eigenvalue weighted by Crippen LogP contribution is 2.32. The van der Waals surface area contributed by atoms with Gasteiger partial charge in [0.05, 0.1) is 12.8 Å². The van der Waals surface area contributed by atoms with E-state index in [1.807, 2.05) is 42.6 Å². The van der Waals surface area contributed by atoms with E-state index in [-0.39, 0.29) is 24.9 Å². The third kappa shape index (κ3) is 6.04. The minimum absolute atomic E-state index is 0.135. The summed E-state index contributed by atoms with van der Waals surface area (Å²) in [6.45, 7) is 2.20. The topological polar surface area (TPSA) is 92.4 Å². The molecular formula is C21H21BrN4O3S. The van der Waals surface area contributed by atoms with E-state index in [4.69, 9.17) is 4.74 Å². The second kappa shape index (κ2) is 10.2. The highest BCUT2D eigenvalue weighted by Gasteiger charge is 2.12. The molecule has 1 aromatic heterocycles. The van der Waals surface area contributed by atoms with E-state index in [1.165, 1.54) is 11.3 Å². The van der Waals surface area contributed by atoms with Gasteiger partial charge in [0.25, 0.3) is 0 Å². The number of nitrogens with zero attached hydrogens (tertiary/aromatic N) is 1. The standard InChI is InChI=1S/C21H21BrN4O3S/c1-13-3-8-18(29-2)16(11-13)17-12-30-21(25-17)26-19(27)9-10-23-20(28)24-15-6-4-14(22)5-7-15/h3-8,11-12H,9-10H2,1-2H3,(H2,23,24,28)(H,25,26,27). The molecule has 3 amide bonds. The fraction of sp³-hybridized carbons (Fsp3) is 0.190. The van der Waals surface area contributed by atoms with Crippen molar-refractivity contribution in [1.82, 2.24) is 10.3 Å². The molecule has 0 unspecified atom stereocenters. The van der Waals surface area contributed by atoms with Gasteiger partial charge in [-0.1, -0.05) is 27.6 Å². The number of carbonyl (C=O) groups excluding carboxylic acids is 2. The Morgan fingerprint density at radius 3 is 2.63 bits per heavy atom. The molecule has 0 atom stereocenters. The zero-order valence-electron chi connectivity index (χ0n) is 16.5. The number of carbonyl (C=O) groups is 2. The Kier molecular flexibility index (Phi) is 7.42. The molecule has 3 N–H and O–H groups in total. The molecule has 30 heavy (non-hydrogen) atoms. The van der Waals surface area contributed by atoms with Crippen molar-refractivity contribution in [2.24, 2.45) is 0 Å². The molecule has 156 valence electrons. The summed E-state index contributed by atoms with van der Waals surface area (Å²) >= 11 is 4.68. The first-order valence-electron chi connectivity index (χ1n) is 9.15. The lowest BCUT2D eigenvalue weighted by atomic mass is 10.1. The van der Waals surface area contributed by atoms with Crippen LogP contribution in [0.5, 0.6) is 5.75 Å². The number of halogens is 1. The van der Waals surface area contributed by atoms with Crippen LogP contribution in [0, 0.1) is 6.92 Å². The number of aromatic nitrogens is 1. The second-order valence-corrected chi connectivity index (χ2v) is 8.20. The summed E-state index contributed by atoms with van der Waals surface area (Å²) in [5.74, 6) is 0.501. The van der Waals surface area contributed by atoms with Crippen molar-refractivity contribution in [3.8, 4) is 17.0 Å². The lowest BCUT2D eigenvalue weighted by Crippen LogP contribution is -2.31. The molecule has 1 heterocycles. The van der Waals surface area contributed by atoms with Crippen LogP contribution in [-0.2, 0) is 4.79 Å². The lowest BCUT2D eigenvalue weighted by molar-refractivity contribution is -0.116. The molecule has 0 fully saturated rings. The van der Waals surface area contributed by atoms with Crippen molar-refractivity contribution < 1.29 is 14.3 Å². The van der Waals surface area contributed by atoms with Gasteiger partial charge in [-0.15, -0.1) is 11.3 Å². The van der Waals surface area contributed by atoms with Gasteiger partial charge in [0.2, 0.25) is 5.91 Å². The number of rotatable bonds is 7. The van der Waals surface area contributed by atoms with E-state index in [1.54, 1.807) is 19.2 Å². The summed E-state index contributed by atoms with van der Waals surface area (Å²) in [6.07, 6.45) is 0.135. The maximum Gasteiger partial charge on any atom is 0.319 e. The summed E-state index contributed by atoms with van der Waals surface area (Å²) in [6, 6.07) is 12.7. The monoisotopic (exact) mass is 488 g/mol. The van der Waals surface area contributed by atoms with Gasteiger partial charge in [0.1, 0.15) is 5.75 Å². The first-order valence-corrected chi connectivity index (χ1v) is 10.8. The number of thiazole rings is 1. The maximum absolute atomic E-state index is 12.2. The van der Waals surface area contributed by atoms with Crippen LogP contribution in [0.1, 0.15) is 12.0 Å². The van der Waals surface area contributed by atoms with Crippen molar-refractivity contribution in [2.75, 3.05) is 24.3 Å². The second-order valence-electron chi connectivity index (χ2n) is 6.43. The molecule has 3 rings (SSSR count). The number of aryl methyl sites for hydroxylation is 1. The molecule has 0 aliphatic rings. The molecule has 0 aliphatic heterocycles. The highest BCUT2D eigenvalue weighted by atomic mass is 79.9. The number of benzene rings is 2. The normalized spacial score (nSPS) is 10.4. The van der Waals surface area contributed by atoms with Crippen LogP contribution in [0.2, 0.25) is 0 Å². The Balaban J connectivity index is 1.48. The summed E-state index contributed by atoms with van der Waals surface area (Å²) in [5, 5.41) is 10.5. The molecule has 3 aromatic rings. The van der Waals surface area contributed by atoms with Crippen LogP contribution in [0.15, 0.2) is 52.3 Å². The number of amides is 3. The third-order valence-electron chi connectivity index (χ3n) is 4.12. The van der Waals surface area contributed by atoms with E-state index < -0.39 is 0 Å². The fourth-order valence-electron chi connectivity index (χ4n) is 2.66. The Labute approximate surface area is 187 Å².